The van der Waals surface area contributed by atoms with E-state index in [0.29, 0.717) is 27.0 Å². The predicted octanol–water partition coefficient (Wildman–Crippen LogP) is 2.43. The van der Waals surface area contributed by atoms with Gasteiger partial charge >= 0.3 is 0 Å². The Hall–Kier alpha value is -3.97. The van der Waals surface area contributed by atoms with E-state index in [1.807, 2.05) is 25.7 Å². The number of H-pyrrole nitrogens is 1. The quantitative estimate of drug-likeness (QED) is 0.331. The number of hydrogen-bond acceptors (Lipinski definition) is 10. The van der Waals surface area contributed by atoms with Crippen molar-refractivity contribution in [2.75, 3.05) is 12.4 Å². The van der Waals surface area contributed by atoms with Crippen LogP contribution in [0.15, 0.2) is 38.0 Å². The van der Waals surface area contributed by atoms with Crippen LogP contribution >= 0.6 is 23.2 Å². The highest BCUT2D eigenvalue weighted by Gasteiger charge is 2.05. The van der Waals surface area contributed by atoms with Crippen LogP contribution < -0.4 is 5.32 Å². The van der Waals surface area contributed by atoms with Crippen molar-refractivity contribution in [1.29, 1.82) is 0 Å². The Morgan fingerprint density at radius 1 is 0.727 bits per heavy atom. The zero-order valence-corrected chi connectivity index (χ0v) is 19.2. The Labute approximate surface area is 196 Å². The molecule has 6 rings (SSSR count). The van der Waals surface area contributed by atoms with Gasteiger partial charge in [0.1, 0.15) is 35.5 Å². The van der Waals surface area contributed by atoms with Crippen LogP contribution in [0.4, 0.5) is 5.82 Å². The molecule has 0 radical (unpaired) electrons. The van der Waals surface area contributed by atoms with Crippen molar-refractivity contribution < 1.29 is 0 Å². The van der Waals surface area contributed by atoms with Crippen LogP contribution in [-0.4, -0.2) is 66.0 Å². The van der Waals surface area contributed by atoms with Gasteiger partial charge in [-0.15, -0.1) is 0 Å². The molecule has 0 aliphatic heterocycles. The summed E-state index contributed by atoms with van der Waals surface area (Å²) in [5, 5.41) is 3.76. The number of rotatable bonds is 1. The first kappa shape index (κ1) is 22.2. The summed E-state index contributed by atoms with van der Waals surface area (Å²) in [6, 6.07) is 0. The van der Waals surface area contributed by atoms with Gasteiger partial charge in [-0.1, -0.05) is 23.2 Å². The summed E-state index contributed by atoms with van der Waals surface area (Å²) in [6.45, 7) is 0. The molecule has 2 N–H and O–H groups in total. The molecule has 6 heterocycles. The van der Waals surface area contributed by atoms with Gasteiger partial charge in [0.15, 0.2) is 33.1 Å². The number of fused-ring (bicyclic) bond motifs is 3. The molecule has 6 aromatic rings. The number of aryl methyl sites for hydroxylation is 2. The Kier molecular flexibility index (Phi) is 6.51. The molecule has 0 atom stereocenters. The molecule has 0 aromatic carbocycles. The lowest BCUT2D eigenvalue weighted by atomic mass is 10.5. The molecule has 0 amide bonds. The SMILES string of the molecule is CNc1ncnc2c1ncn2C.Clc1ncnc2nc[nH]c12.Cn1cnc2c(Cl)ncnc21. The number of aromatic nitrogens is 12. The van der Waals surface area contributed by atoms with Crippen molar-refractivity contribution in [1.82, 2.24) is 59.0 Å². The van der Waals surface area contributed by atoms with Crippen LogP contribution in [0.2, 0.25) is 10.3 Å². The second-order valence-electron chi connectivity index (χ2n) is 6.46. The van der Waals surface area contributed by atoms with E-state index < -0.39 is 0 Å². The molecule has 0 fully saturated rings. The minimum Gasteiger partial charge on any atom is -0.371 e. The third-order valence-corrected chi connectivity index (χ3v) is 4.93. The van der Waals surface area contributed by atoms with Crippen LogP contribution in [0.1, 0.15) is 0 Å². The van der Waals surface area contributed by atoms with E-state index in [4.69, 9.17) is 23.2 Å². The summed E-state index contributed by atoms with van der Waals surface area (Å²) in [5.74, 6) is 0.764. The standard InChI is InChI=1S/C7H9N5.C6H5ClN4.C5H3ClN4/c1-8-6-5-7(10-3-9-6)12(2)4-11-5;1-11-3-10-4-5(7)8-2-9-6(4)11;6-4-3-5(9-1-7-3)10-2-8-4/h3-4H,1-2H3,(H,8,9,10);2-3H,1H3;1-2H,(H,7,8,9,10). The van der Waals surface area contributed by atoms with Gasteiger partial charge in [-0.25, -0.2) is 44.9 Å². The number of hydrogen-bond donors (Lipinski definition) is 2. The third kappa shape index (κ3) is 4.63. The molecule has 13 nitrogen and oxygen atoms in total. The Balaban J connectivity index is 0.000000118. The highest BCUT2D eigenvalue weighted by molar-refractivity contribution is 6.33. The molecular weight excluding hydrogens is 469 g/mol. The van der Waals surface area contributed by atoms with Gasteiger partial charge in [0.05, 0.1) is 19.0 Å². The maximum absolute atomic E-state index is 5.74. The first-order valence-corrected chi connectivity index (χ1v) is 10.1. The lowest BCUT2D eigenvalue weighted by Gasteiger charge is -1.98. The Morgan fingerprint density at radius 2 is 1.33 bits per heavy atom. The van der Waals surface area contributed by atoms with Crippen molar-refractivity contribution in [3.05, 3.63) is 48.3 Å². The van der Waals surface area contributed by atoms with Crippen molar-refractivity contribution in [2.24, 2.45) is 14.1 Å². The highest BCUT2D eigenvalue weighted by atomic mass is 35.5. The molecule has 0 spiro atoms. The molecule has 168 valence electrons. The van der Waals surface area contributed by atoms with Crippen LogP contribution in [0.3, 0.4) is 0 Å². The lowest BCUT2D eigenvalue weighted by molar-refractivity contribution is 0.928. The number of imidazole rings is 3. The molecule has 0 saturated carbocycles. The number of halogens is 2. The average Bonchev–Trinajstić information content (AvgIpc) is 3.55. The number of anilines is 1. The lowest BCUT2D eigenvalue weighted by Crippen LogP contribution is -1.95. The van der Waals surface area contributed by atoms with Crippen LogP contribution in [0.25, 0.3) is 33.5 Å². The van der Waals surface area contributed by atoms with Gasteiger partial charge in [-0.05, 0) is 0 Å². The average molecular weight is 486 g/mol. The summed E-state index contributed by atoms with van der Waals surface area (Å²) >= 11 is 11.4. The van der Waals surface area contributed by atoms with Gasteiger partial charge in [-0.3, -0.25) is 0 Å². The van der Waals surface area contributed by atoms with Gasteiger partial charge < -0.3 is 19.4 Å². The van der Waals surface area contributed by atoms with Crippen molar-refractivity contribution >= 4 is 62.5 Å². The first-order chi connectivity index (χ1) is 16.0. The van der Waals surface area contributed by atoms with E-state index in [1.165, 1.54) is 25.3 Å². The Bertz CT molecular complexity index is 1520. The van der Waals surface area contributed by atoms with Crippen LogP contribution in [-0.2, 0) is 14.1 Å². The molecule has 15 heteroatoms. The van der Waals surface area contributed by atoms with E-state index in [9.17, 15) is 0 Å². The molecular formula is C18H17Cl2N13. The normalized spacial score (nSPS) is 10.6. The maximum atomic E-state index is 5.74. The van der Waals surface area contributed by atoms with Crippen LogP contribution in [0.5, 0.6) is 0 Å². The second-order valence-corrected chi connectivity index (χ2v) is 7.17. The van der Waals surface area contributed by atoms with E-state index in [1.54, 1.807) is 17.2 Å². The minimum absolute atomic E-state index is 0.399. The predicted molar refractivity (Wildman–Crippen MR) is 124 cm³/mol. The fourth-order valence-corrected chi connectivity index (χ4v) is 3.14. The van der Waals surface area contributed by atoms with Gasteiger partial charge in [0, 0.05) is 21.1 Å². The number of aromatic amines is 1. The third-order valence-electron chi connectivity index (χ3n) is 4.36. The molecule has 6 aromatic heterocycles. The summed E-state index contributed by atoms with van der Waals surface area (Å²) in [7, 11) is 5.58. The van der Waals surface area contributed by atoms with E-state index in [0.717, 1.165) is 22.6 Å². The Morgan fingerprint density at radius 3 is 2.00 bits per heavy atom. The largest absolute Gasteiger partial charge is 0.371 e. The number of nitrogens with zero attached hydrogens (tertiary/aromatic N) is 11. The monoisotopic (exact) mass is 485 g/mol. The second kappa shape index (κ2) is 9.67. The van der Waals surface area contributed by atoms with Gasteiger partial charge in [0.25, 0.3) is 0 Å². The smallest absolute Gasteiger partial charge is 0.182 e. The summed E-state index contributed by atoms with van der Waals surface area (Å²) in [6.07, 6.45) is 9.24. The number of nitrogens with one attached hydrogen (secondary N) is 2. The zero-order valence-electron chi connectivity index (χ0n) is 17.6. The van der Waals surface area contributed by atoms with E-state index in [2.05, 4.69) is 55.2 Å². The van der Waals surface area contributed by atoms with E-state index in [-0.39, 0.29) is 0 Å². The van der Waals surface area contributed by atoms with Crippen molar-refractivity contribution in [3.8, 4) is 0 Å². The molecule has 0 aliphatic rings. The fourth-order valence-electron chi connectivity index (χ4n) is 2.78. The molecule has 33 heavy (non-hydrogen) atoms. The minimum atomic E-state index is 0.399. The summed E-state index contributed by atoms with van der Waals surface area (Å²) in [4.78, 5) is 38.5. The molecule has 0 unspecified atom stereocenters. The summed E-state index contributed by atoms with van der Waals surface area (Å²) < 4.78 is 3.65. The molecule has 0 aliphatic carbocycles. The summed E-state index contributed by atoms with van der Waals surface area (Å²) in [5.41, 5.74) is 4.34. The zero-order chi connectivity index (χ0) is 23.4. The maximum Gasteiger partial charge on any atom is 0.182 e. The highest BCUT2D eigenvalue weighted by Crippen LogP contribution is 2.16. The van der Waals surface area contributed by atoms with Gasteiger partial charge in [0.2, 0.25) is 0 Å². The molecule has 0 saturated heterocycles. The van der Waals surface area contributed by atoms with Crippen molar-refractivity contribution in [3.63, 3.8) is 0 Å². The van der Waals surface area contributed by atoms with Crippen molar-refractivity contribution in [2.45, 2.75) is 0 Å². The fraction of sp³-hybridized carbons (Fsp3) is 0.167. The topological polar surface area (TPSA) is 154 Å². The first-order valence-electron chi connectivity index (χ1n) is 9.36. The van der Waals surface area contributed by atoms with E-state index >= 15 is 0 Å². The van der Waals surface area contributed by atoms with Crippen LogP contribution in [0, 0.1) is 0 Å². The molecule has 0 bridgehead atoms. The van der Waals surface area contributed by atoms with Gasteiger partial charge in [-0.2, -0.15) is 0 Å².